The van der Waals surface area contributed by atoms with Crippen LogP contribution in [0.5, 0.6) is 0 Å². The maximum Gasteiger partial charge on any atom is 0.182 e. The van der Waals surface area contributed by atoms with Gasteiger partial charge < -0.3 is 5.73 Å². The number of benzene rings is 2. The number of hydrogen-bond donors (Lipinski definition) is 2. The first-order valence-electron chi connectivity index (χ1n) is 6.72. The van der Waals surface area contributed by atoms with Crippen molar-refractivity contribution in [3.63, 3.8) is 0 Å². The van der Waals surface area contributed by atoms with Crippen molar-refractivity contribution >= 4 is 15.7 Å². The predicted octanol–water partition coefficient (Wildman–Crippen LogP) is 2.63. The van der Waals surface area contributed by atoms with Gasteiger partial charge in [0.1, 0.15) is 5.82 Å². The van der Waals surface area contributed by atoms with Crippen molar-refractivity contribution in [2.45, 2.75) is 10.6 Å². The van der Waals surface area contributed by atoms with Gasteiger partial charge >= 0.3 is 0 Å². The van der Waals surface area contributed by atoms with Crippen LogP contribution in [-0.4, -0.2) is 18.6 Å². The molecule has 0 fully saturated rings. The molecule has 22 heavy (non-hydrogen) atoms. The molecule has 112 valence electrons. The minimum Gasteiger partial charge on any atom is -0.382 e. The number of sulfone groups is 1. The Labute approximate surface area is 128 Å². The van der Waals surface area contributed by atoms with Crippen LogP contribution < -0.4 is 5.73 Å². The molecule has 3 rings (SSSR count). The van der Waals surface area contributed by atoms with Crippen LogP contribution in [0, 0.1) is 0 Å². The van der Waals surface area contributed by atoms with Gasteiger partial charge in [-0.25, -0.2) is 8.42 Å². The Morgan fingerprint density at radius 1 is 1.00 bits per heavy atom. The predicted molar refractivity (Wildman–Crippen MR) is 85.8 cm³/mol. The summed E-state index contributed by atoms with van der Waals surface area (Å²) in [6, 6.07) is 17.5. The lowest BCUT2D eigenvalue weighted by molar-refractivity contribution is 0.595. The molecule has 0 atom stereocenters. The fourth-order valence-corrected chi connectivity index (χ4v) is 3.55. The molecule has 0 spiro atoms. The second-order valence-electron chi connectivity index (χ2n) is 4.98. The summed E-state index contributed by atoms with van der Waals surface area (Å²) in [5, 5.41) is 6.65. The van der Waals surface area contributed by atoms with Gasteiger partial charge in [-0.1, -0.05) is 42.5 Å². The van der Waals surface area contributed by atoms with Gasteiger partial charge in [-0.15, -0.1) is 0 Å². The minimum atomic E-state index is -3.36. The number of aromatic nitrogens is 2. The molecule has 0 bridgehead atoms. The molecule has 3 aromatic rings. The Kier molecular flexibility index (Phi) is 3.68. The first-order valence-corrected chi connectivity index (χ1v) is 8.38. The number of nitrogen functional groups attached to an aromatic ring is 1. The molecule has 0 radical (unpaired) electrons. The van der Waals surface area contributed by atoms with E-state index < -0.39 is 9.84 Å². The van der Waals surface area contributed by atoms with Crippen LogP contribution in [0.15, 0.2) is 65.6 Å². The highest BCUT2D eigenvalue weighted by molar-refractivity contribution is 7.90. The van der Waals surface area contributed by atoms with Crippen LogP contribution in [0.1, 0.15) is 5.56 Å². The third-order valence-electron chi connectivity index (χ3n) is 3.32. The van der Waals surface area contributed by atoms with Crippen LogP contribution in [0.3, 0.4) is 0 Å². The summed E-state index contributed by atoms with van der Waals surface area (Å²) in [7, 11) is -3.36. The highest BCUT2D eigenvalue weighted by atomic mass is 32.2. The lowest BCUT2D eigenvalue weighted by Gasteiger charge is -2.05. The first kappa shape index (κ1) is 14.3. The van der Waals surface area contributed by atoms with Gasteiger partial charge in [-0.2, -0.15) is 5.10 Å². The maximum atomic E-state index is 12.4. The molecule has 0 saturated heterocycles. The van der Waals surface area contributed by atoms with Crippen LogP contribution >= 0.6 is 0 Å². The number of nitrogens with zero attached hydrogens (tertiary/aromatic N) is 1. The van der Waals surface area contributed by atoms with Gasteiger partial charge in [-0.05, 0) is 23.3 Å². The molecule has 0 aliphatic rings. The second-order valence-corrected chi connectivity index (χ2v) is 6.97. The fraction of sp³-hybridized carbons (Fsp3) is 0.0625. The zero-order chi connectivity index (χ0) is 15.6. The first-order chi connectivity index (χ1) is 10.5. The highest BCUT2D eigenvalue weighted by Crippen LogP contribution is 2.22. The number of hydrogen-bond acceptors (Lipinski definition) is 4. The van der Waals surface area contributed by atoms with Crippen LogP contribution in [0.2, 0.25) is 0 Å². The van der Waals surface area contributed by atoms with Crippen molar-refractivity contribution in [1.29, 1.82) is 0 Å². The Morgan fingerprint density at radius 2 is 1.68 bits per heavy atom. The number of anilines is 1. The molecule has 6 heteroatoms. The zero-order valence-corrected chi connectivity index (χ0v) is 12.5. The van der Waals surface area contributed by atoms with Gasteiger partial charge in [-0.3, -0.25) is 5.10 Å². The fourth-order valence-electron chi connectivity index (χ4n) is 2.20. The molecule has 1 heterocycles. The molecule has 5 nitrogen and oxygen atoms in total. The third-order valence-corrected chi connectivity index (χ3v) is 5.03. The van der Waals surface area contributed by atoms with E-state index in [1.54, 1.807) is 42.5 Å². The van der Waals surface area contributed by atoms with Crippen molar-refractivity contribution in [2.24, 2.45) is 0 Å². The van der Waals surface area contributed by atoms with Gasteiger partial charge in [0.25, 0.3) is 0 Å². The van der Waals surface area contributed by atoms with E-state index in [2.05, 4.69) is 10.2 Å². The number of H-pyrrole nitrogens is 1. The topological polar surface area (TPSA) is 88.8 Å². The molecule has 3 N–H and O–H groups in total. The van der Waals surface area contributed by atoms with E-state index in [1.807, 2.05) is 18.2 Å². The van der Waals surface area contributed by atoms with E-state index in [1.165, 1.54) is 0 Å². The zero-order valence-electron chi connectivity index (χ0n) is 11.7. The Morgan fingerprint density at radius 3 is 2.27 bits per heavy atom. The van der Waals surface area contributed by atoms with Gasteiger partial charge in [0.15, 0.2) is 9.84 Å². The molecule has 2 aromatic carbocycles. The van der Waals surface area contributed by atoms with E-state index in [-0.39, 0.29) is 5.75 Å². The number of aromatic amines is 1. The Bertz CT molecular complexity index is 869. The van der Waals surface area contributed by atoms with Crippen LogP contribution in [-0.2, 0) is 15.6 Å². The van der Waals surface area contributed by atoms with Crippen molar-refractivity contribution < 1.29 is 8.42 Å². The van der Waals surface area contributed by atoms with E-state index in [4.69, 9.17) is 5.73 Å². The summed E-state index contributed by atoms with van der Waals surface area (Å²) in [6.45, 7) is 0. The third kappa shape index (κ3) is 3.01. The van der Waals surface area contributed by atoms with Gasteiger partial charge in [0, 0.05) is 6.07 Å². The van der Waals surface area contributed by atoms with E-state index in [9.17, 15) is 8.42 Å². The summed E-state index contributed by atoms with van der Waals surface area (Å²) < 4.78 is 24.8. The second kappa shape index (κ2) is 5.65. The number of rotatable bonds is 4. The molecular weight excluding hydrogens is 298 g/mol. The average Bonchev–Trinajstić information content (AvgIpc) is 2.95. The summed E-state index contributed by atoms with van der Waals surface area (Å²) in [6.07, 6.45) is 0. The standard InChI is InChI=1S/C16H15N3O2S/c17-16-10-15(18-19-16)13-6-8-14(9-7-13)22(20,21)11-12-4-2-1-3-5-12/h1-10H,11H2,(H3,17,18,19). The van der Waals surface area contributed by atoms with Crippen molar-refractivity contribution in [2.75, 3.05) is 5.73 Å². The molecule has 0 amide bonds. The van der Waals surface area contributed by atoms with E-state index >= 15 is 0 Å². The normalized spacial score (nSPS) is 11.5. The average molecular weight is 313 g/mol. The summed E-state index contributed by atoms with van der Waals surface area (Å²) in [4.78, 5) is 0.299. The van der Waals surface area contributed by atoms with Crippen LogP contribution in [0.4, 0.5) is 5.82 Å². The summed E-state index contributed by atoms with van der Waals surface area (Å²) in [5.41, 5.74) is 7.92. The lowest BCUT2D eigenvalue weighted by Crippen LogP contribution is -2.04. The Balaban J connectivity index is 1.86. The number of nitrogens with two attached hydrogens (primary N) is 1. The summed E-state index contributed by atoms with van der Waals surface area (Å²) >= 11 is 0. The maximum absolute atomic E-state index is 12.4. The largest absolute Gasteiger partial charge is 0.382 e. The van der Waals surface area contributed by atoms with Gasteiger partial charge in [0.2, 0.25) is 0 Å². The molecule has 0 unspecified atom stereocenters. The minimum absolute atomic E-state index is 0.00973. The van der Waals surface area contributed by atoms with Crippen molar-refractivity contribution in [3.8, 4) is 11.3 Å². The molecule has 0 aliphatic heterocycles. The highest BCUT2D eigenvalue weighted by Gasteiger charge is 2.15. The van der Waals surface area contributed by atoms with Crippen LogP contribution in [0.25, 0.3) is 11.3 Å². The van der Waals surface area contributed by atoms with Gasteiger partial charge in [0.05, 0.1) is 16.3 Å². The van der Waals surface area contributed by atoms with Crippen molar-refractivity contribution in [3.05, 3.63) is 66.2 Å². The lowest BCUT2D eigenvalue weighted by atomic mass is 10.1. The van der Waals surface area contributed by atoms with Crippen molar-refractivity contribution in [1.82, 2.24) is 10.2 Å². The molecule has 0 aliphatic carbocycles. The molecule has 0 saturated carbocycles. The summed E-state index contributed by atoms with van der Waals surface area (Å²) in [5.74, 6) is 0.389. The molecule has 1 aromatic heterocycles. The SMILES string of the molecule is Nc1cc(-c2ccc(S(=O)(=O)Cc3ccccc3)cc2)[nH]n1. The quantitative estimate of drug-likeness (QED) is 0.775. The Hall–Kier alpha value is -2.60. The monoisotopic (exact) mass is 313 g/mol. The molecular formula is C16H15N3O2S. The number of nitrogens with one attached hydrogen (secondary N) is 1. The smallest absolute Gasteiger partial charge is 0.182 e. The van der Waals surface area contributed by atoms with E-state index in [0.717, 1.165) is 16.8 Å². The van der Waals surface area contributed by atoms with E-state index in [0.29, 0.717) is 10.7 Å².